The summed E-state index contributed by atoms with van der Waals surface area (Å²) < 4.78 is 2.47. The predicted molar refractivity (Wildman–Crippen MR) is 88.5 cm³/mol. The van der Waals surface area contributed by atoms with Crippen molar-refractivity contribution in [3.63, 3.8) is 0 Å². The summed E-state index contributed by atoms with van der Waals surface area (Å²) in [5, 5.41) is 9.33. The lowest BCUT2D eigenvalue weighted by Gasteiger charge is -2.41. The van der Waals surface area contributed by atoms with Crippen molar-refractivity contribution < 1.29 is 5.11 Å². The molecule has 2 heterocycles. The van der Waals surface area contributed by atoms with Crippen molar-refractivity contribution in [1.82, 2.24) is 9.21 Å². The Balaban J connectivity index is 1.45. The minimum Gasteiger partial charge on any atom is -0.508 e. The Bertz CT molecular complexity index is 435. The largest absolute Gasteiger partial charge is 0.508 e. The van der Waals surface area contributed by atoms with Crippen LogP contribution in [0.3, 0.4) is 0 Å². The van der Waals surface area contributed by atoms with Crippen LogP contribution in [0.25, 0.3) is 0 Å². The van der Waals surface area contributed by atoms with Gasteiger partial charge in [0.15, 0.2) is 0 Å². The molecule has 3 rings (SSSR count). The number of rotatable bonds is 3. The second-order valence-corrected chi connectivity index (χ2v) is 7.63. The second-order valence-electron chi connectivity index (χ2n) is 6.46. The van der Waals surface area contributed by atoms with Crippen LogP contribution in [-0.4, -0.2) is 46.5 Å². The molecule has 1 aromatic rings. The van der Waals surface area contributed by atoms with Crippen LogP contribution in [0.5, 0.6) is 5.75 Å². The van der Waals surface area contributed by atoms with Crippen LogP contribution in [-0.2, 0) is 0 Å². The molecule has 0 aliphatic carbocycles. The fourth-order valence-electron chi connectivity index (χ4n) is 3.35. The molecule has 4 heteroatoms. The Kier molecular flexibility index (Phi) is 5.09. The Morgan fingerprint density at radius 1 is 0.952 bits per heavy atom. The molecule has 21 heavy (non-hydrogen) atoms. The van der Waals surface area contributed by atoms with Crippen molar-refractivity contribution in [2.45, 2.75) is 43.5 Å². The lowest BCUT2D eigenvalue weighted by atomic mass is 9.95. The highest BCUT2D eigenvalue weighted by atomic mass is 32.2. The Labute approximate surface area is 132 Å². The van der Waals surface area contributed by atoms with E-state index in [1.807, 2.05) is 24.1 Å². The van der Waals surface area contributed by atoms with Gasteiger partial charge in [0.1, 0.15) is 5.75 Å². The van der Waals surface area contributed by atoms with Gasteiger partial charge in [-0.2, -0.15) is 0 Å². The zero-order chi connectivity index (χ0) is 14.7. The van der Waals surface area contributed by atoms with Gasteiger partial charge in [0.05, 0.1) is 0 Å². The molecular weight excluding hydrogens is 280 g/mol. The van der Waals surface area contributed by atoms with E-state index in [9.17, 15) is 5.11 Å². The SMILES string of the molecule is CC1CCN(C2CCN(Sc3ccc(O)cc3)CC2)CC1. The maximum absolute atomic E-state index is 9.33. The molecule has 0 amide bonds. The highest BCUT2D eigenvalue weighted by Gasteiger charge is 2.27. The van der Waals surface area contributed by atoms with Gasteiger partial charge in [-0.3, -0.25) is 0 Å². The second kappa shape index (κ2) is 7.03. The topological polar surface area (TPSA) is 26.7 Å². The molecule has 0 spiro atoms. The zero-order valence-corrected chi connectivity index (χ0v) is 13.7. The number of hydrogen-bond acceptors (Lipinski definition) is 4. The summed E-state index contributed by atoms with van der Waals surface area (Å²) in [5.41, 5.74) is 0. The first kappa shape index (κ1) is 15.2. The van der Waals surface area contributed by atoms with Gasteiger partial charge in [0.2, 0.25) is 0 Å². The number of piperidine rings is 2. The van der Waals surface area contributed by atoms with E-state index < -0.39 is 0 Å². The zero-order valence-electron chi connectivity index (χ0n) is 12.9. The van der Waals surface area contributed by atoms with Gasteiger partial charge in [0, 0.05) is 24.0 Å². The predicted octanol–water partition coefficient (Wildman–Crippen LogP) is 3.60. The van der Waals surface area contributed by atoms with Gasteiger partial charge in [-0.05, 0) is 80.9 Å². The fraction of sp³-hybridized carbons (Fsp3) is 0.647. The van der Waals surface area contributed by atoms with Crippen molar-refractivity contribution in [1.29, 1.82) is 0 Å². The third-order valence-electron chi connectivity index (χ3n) is 4.83. The standard InChI is InChI=1S/C17H26N2OS/c1-14-6-10-18(11-7-14)15-8-12-19(13-9-15)21-17-4-2-16(20)3-5-17/h2-5,14-15,20H,6-13H2,1H3. The average molecular weight is 306 g/mol. The lowest BCUT2D eigenvalue weighted by Crippen LogP contribution is -2.46. The quantitative estimate of drug-likeness (QED) is 0.863. The number of nitrogens with zero attached hydrogens (tertiary/aromatic N) is 2. The Morgan fingerprint density at radius 2 is 1.57 bits per heavy atom. The summed E-state index contributed by atoms with van der Waals surface area (Å²) in [6, 6.07) is 8.33. The Morgan fingerprint density at radius 3 is 2.19 bits per heavy atom. The molecule has 2 aliphatic rings. The van der Waals surface area contributed by atoms with Crippen molar-refractivity contribution in [3.05, 3.63) is 24.3 Å². The summed E-state index contributed by atoms with van der Waals surface area (Å²) in [7, 11) is 0. The van der Waals surface area contributed by atoms with E-state index in [4.69, 9.17) is 0 Å². The van der Waals surface area contributed by atoms with E-state index in [0.717, 1.165) is 12.0 Å². The van der Waals surface area contributed by atoms with Gasteiger partial charge in [-0.1, -0.05) is 6.92 Å². The molecule has 1 N–H and O–H groups in total. The molecule has 3 nitrogen and oxygen atoms in total. The number of aromatic hydroxyl groups is 1. The first-order chi connectivity index (χ1) is 10.2. The number of phenolic OH excluding ortho intramolecular Hbond substituents is 1. The minimum absolute atomic E-state index is 0.345. The summed E-state index contributed by atoms with van der Waals surface area (Å²) >= 11 is 1.83. The van der Waals surface area contributed by atoms with Crippen LogP contribution in [0.1, 0.15) is 32.6 Å². The molecule has 0 radical (unpaired) electrons. The Hall–Kier alpha value is -0.710. The highest BCUT2D eigenvalue weighted by molar-refractivity contribution is 7.97. The molecular formula is C17H26N2OS. The van der Waals surface area contributed by atoms with Crippen LogP contribution in [0.2, 0.25) is 0 Å². The number of phenols is 1. The first-order valence-corrected chi connectivity index (χ1v) is 8.94. The average Bonchev–Trinajstić information content (AvgIpc) is 2.51. The third-order valence-corrected chi connectivity index (χ3v) is 5.94. The molecule has 0 unspecified atom stereocenters. The van der Waals surface area contributed by atoms with Crippen LogP contribution in [0, 0.1) is 5.92 Å². The molecule has 0 atom stereocenters. The molecule has 2 saturated heterocycles. The molecule has 1 aromatic carbocycles. The van der Waals surface area contributed by atoms with E-state index in [1.54, 1.807) is 12.1 Å². The molecule has 0 saturated carbocycles. The van der Waals surface area contributed by atoms with Crippen LogP contribution < -0.4 is 0 Å². The maximum atomic E-state index is 9.33. The van der Waals surface area contributed by atoms with E-state index in [0.29, 0.717) is 5.75 Å². The summed E-state index contributed by atoms with van der Waals surface area (Å²) in [4.78, 5) is 3.95. The van der Waals surface area contributed by atoms with Crippen LogP contribution in [0.15, 0.2) is 29.2 Å². The molecule has 2 aliphatic heterocycles. The number of likely N-dealkylation sites (tertiary alicyclic amines) is 1. The lowest BCUT2D eigenvalue weighted by molar-refractivity contribution is 0.103. The minimum atomic E-state index is 0.345. The van der Waals surface area contributed by atoms with Gasteiger partial charge in [0.25, 0.3) is 0 Å². The number of benzene rings is 1. The van der Waals surface area contributed by atoms with E-state index >= 15 is 0 Å². The maximum Gasteiger partial charge on any atom is 0.115 e. The van der Waals surface area contributed by atoms with Crippen LogP contribution in [0.4, 0.5) is 0 Å². The van der Waals surface area contributed by atoms with Crippen molar-refractivity contribution in [3.8, 4) is 5.75 Å². The molecule has 2 fully saturated rings. The smallest absolute Gasteiger partial charge is 0.115 e. The van der Waals surface area contributed by atoms with E-state index in [1.165, 1.54) is 56.8 Å². The van der Waals surface area contributed by atoms with Gasteiger partial charge in [-0.15, -0.1) is 0 Å². The van der Waals surface area contributed by atoms with E-state index in [-0.39, 0.29) is 0 Å². The summed E-state index contributed by atoms with van der Waals surface area (Å²) in [6.07, 6.45) is 5.34. The van der Waals surface area contributed by atoms with Gasteiger partial charge in [-0.25, -0.2) is 4.31 Å². The van der Waals surface area contributed by atoms with Gasteiger partial charge < -0.3 is 10.0 Å². The summed E-state index contributed by atoms with van der Waals surface area (Å²) in [6.45, 7) is 7.33. The van der Waals surface area contributed by atoms with E-state index in [2.05, 4.69) is 16.1 Å². The molecule has 0 bridgehead atoms. The monoisotopic (exact) mass is 306 g/mol. The van der Waals surface area contributed by atoms with Gasteiger partial charge >= 0.3 is 0 Å². The highest BCUT2D eigenvalue weighted by Crippen LogP contribution is 2.30. The summed E-state index contributed by atoms with van der Waals surface area (Å²) in [5.74, 6) is 1.27. The number of hydrogen-bond donors (Lipinski definition) is 1. The van der Waals surface area contributed by atoms with Crippen molar-refractivity contribution >= 4 is 11.9 Å². The molecule has 116 valence electrons. The van der Waals surface area contributed by atoms with Crippen molar-refractivity contribution in [2.75, 3.05) is 26.2 Å². The third kappa shape index (κ3) is 4.15. The van der Waals surface area contributed by atoms with Crippen LogP contribution >= 0.6 is 11.9 Å². The normalized spacial score (nSPS) is 23.5. The molecule has 0 aromatic heterocycles. The first-order valence-electron chi connectivity index (χ1n) is 8.17. The van der Waals surface area contributed by atoms with Crippen molar-refractivity contribution in [2.24, 2.45) is 5.92 Å². The fourth-order valence-corrected chi connectivity index (χ4v) is 4.30.